The smallest absolute Gasteiger partial charge is 0.303 e. The van der Waals surface area contributed by atoms with Gasteiger partial charge in [0.1, 0.15) is 0 Å². The summed E-state index contributed by atoms with van der Waals surface area (Å²) in [6, 6.07) is 0.554. The van der Waals surface area contributed by atoms with Crippen LogP contribution in [0.5, 0.6) is 0 Å². The highest BCUT2D eigenvalue weighted by atomic mass is 16.4. The van der Waals surface area contributed by atoms with Crippen LogP contribution < -0.4 is 5.32 Å². The number of hydrogen-bond acceptors (Lipinski definition) is 3. The van der Waals surface area contributed by atoms with Gasteiger partial charge in [0.15, 0.2) is 0 Å². The summed E-state index contributed by atoms with van der Waals surface area (Å²) < 4.78 is 0. The Hall–Kier alpha value is -1.10. The lowest BCUT2D eigenvalue weighted by atomic mass is 9.88. The monoisotopic (exact) mass is 240 g/mol. The number of aliphatic carboxylic acids is 1. The highest BCUT2D eigenvalue weighted by molar-refractivity contribution is 5.79. The van der Waals surface area contributed by atoms with Gasteiger partial charge in [-0.25, -0.2) is 0 Å². The molecule has 2 unspecified atom stereocenters. The normalized spacial score (nSPS) is 31.6. The third kappa shape index (κ3) is 2.60. The predicted molar refractivity (Wildman–Crippen MR) is 62.6 cm³/mol. The molecule has 2 fully saturated rings. The third-order valence-electron chi connectivity index (χ3n) is 3.91. The van der Waals surface area contributed by atoms with Crippen LogP contribution in [0.25, 0.3) is 0 Å². The van der Waals surface area contributed by atoms with Crippen molar-refractivity contribution in [3.63, 3.8) is 0 Å². The molecule has 2 rings (SSSR count). The summed E-state index contributed by atoms with van der Waals surface area (Å²) in [5.41, 5.74) is 0. The molecule has 0 aromatic heterocycles. The largest absolute Gasteiger partial charge is 0.481 e. The van der Waals surface area contributed by atoms with Gasteiger partial charge in [0.25, 0.3) is 0 Å². The summed E-state index contributed by atoms with van der Waals surface area (Å²) in [4.78, 5) is 24.7. The van der Waals surface area contributed by atoms with Gasteiger partial charge in [0, 0.05) is 18.5 Å². The Morgan fingerprint density at radius 2 is 1.88 bits per heavy atom. The van der Waals surface area contributed by atoms with Crippen molar-refractivity contribution in [2.24, 2.45) is 5.92 Å². The van der Waals surface area contributed by atoms with E-state index >= 15 is 0 Å². The van der Waals surface area contributed by atoms with Crippen molar-refractivity contribution >= 4 is 11.9 Å². The summed E-state index contributed by atoms with van der Waals surface area (Å²) in [7, 11) is 1.77. The maximum atomic E-state index is 11.9. The highest BCUT2D eigenvalue weighted by Gasteiger charge is 2.43. The van der Waals surface area contributed by atoms with Gasteiger partial charge in [0.05, 0.1) is 6.54 Å². The molecule has 5 heteroatoms. The fourth-order valence-corrected chi connectivity index (χ4v) is 3.35. The number of likely N-dealkylation sites (N-methyl/N-ethyl adjacent to an activating group) is 1. The Labute approximate surface area is 101 Å². The van der Waals surface area contributed by atoms with Crippen molar-refractivity contribution in [1.29, 1.82) is 0 Å². The molecule has 0 aliphatic carbocycles. The van der Waals surface area contributed by atoms with Gasteiger partial charge in [0.2, 0.25) is 5.91 Å². The number of carboxylic acid groups (broad SMARTS) is 1. The van der Waals surface area contributed by atoms with Crippen LogP contribution in [-0.2, 0) is 9.59 Å². The van der Waals surface area contributed by atoms with Crippen LogP contribution in [-0.4, -0.2) is 47.6 Å². The number of nitrogens with one attached hydrogen (secondary N) is 1. The molecule has 2 N–H and O–H groups in total. The van der Waals surface area contributed by atoms with E-state index in [9.17, 15) is 9.59 Å². The van der Waals surface area contributed by atoms with Gasteiger partial charge in [-0.15, -0.1) is 0 Å². The fourth-order valence-electron chi connectivity index (χ4n) is 3.35. The van der Waals surface area contributed by atoms with Crippen LogP contribution in [0.1, 0.15) is 32.1 Å². The highest BCUT2D eigenvalue weighted by Crippen LogP contribution is 2.39. The quantitative estimate of drug-likeness (QED) is 0.748. The first-order valence-corrected chi connectivity index (χ1v) is 6.29. The molecule has 0 radical (unpaired) electrons. The molecule has 2 aliphatic heterocycles. The van der Waals surface area contributed by atoms with Crippen molar-refractivity contribution in [3.05, 3.63) is 0 Å². The molecule has 2 aliphatic rings. The summed E-state index contributed by atoms with van der Waals surface area (Å²) >= 11 is 0. The predicted octanol–water partition coefficient (Wildman–Crippen LogP) is 0.450. The number of fused-ring (bicyclic) bond motifs is 2. The molecular weight excluding hydrogens is 220 g/mol. The SMILES string of the molecule is CNCC(=O)N1C2CCC1CC(CC(=O)O)C2. The van der Waals surface area contributed by atoms with E-state index in [1.165, 1.54) is 0 Å². The van der Waals surface area contributed by atoms with Crippen LogP contribution in [0.15, 0.2) is 0 Å². The molecular formula is C12H20N2O3. The summed E-state index contributed by atoms with van der Waals surface area (Å²) in [5.74, 6) is -0.304. The van der Waals surface area contributed by atoms with E-state index in [0.29, 0.717) is 6.54 Å². The van der Waals surface area contributed by atoms with Crippen LogP contribution in [0.2, 0.25) is 0 Å². The number of rotatable bonds is 4. The molecule has 0 aromatic carbocycles. The molecule has 2 atom stereocenters. The van der Waals surface area contributed by atoms with Crippen LogP contribution >= 0.6 is 0 Å². The number of nitrogens with zero attached hydrogens (tertiary/aromatic N) is 1. The fraction of sp³-hybridized carbons (Fsp3) is 0.833. The first kappa shape index (κ1) is 12.4. The number of hydrogen-bond donors (Lipinski definition) is 2. The van der Waals surface area contributed by atoms with Crippen molar-refractivity contribution in [1.82, 2.24) is 10.2 Å². The lowest BCUT2D eigenvalue weighted by Gasteiger charge is -2.38. The maximum absolute atomic E-state index is 11.9. The Balaban J connectivity index is 1.97. The lowest BCUT2D eigenvalue weighted by Crippen LogP contribution is -2.49. The van der Waals surface area contributed by atoms with E-state index in [1.807, 2.05) is 4.90 Å². The number of carbonyl (C=O) groups is 2. The second kappa shape index (κ2) is 5.04. The van der Waals surface area contributed by atoms with Crippen LogP contribution in [0, 0.1) is 5.92 Å². The second-order valence-corrected chi connectivity index (χ2v) is 5.15. The van der Waals surface area contributed by atoms with Gasteiger partial charge < -0.3 is 15.3 Å². The van der Waals surface area contributed by atoms with E-state index in [2.05, 4.69) is 5.32 Å². The minimum Gasteiger partial charge on any atom is -0.481 e. The van der Waals surface area contributed by atoms with Crippen molar-refractivity contribution in [3.8, 4) is 0 Å². The van der Waals surface area contributed by atoms with Crippen molar-refractivity contribution in [2.45, 2.75) is 44.2 Å². The molecule has 2 heterocycles. The molecule has 5 nitrogen and oxygen atoms in total. The van der Waals surface area contributed by atoms with Gasteiger partial charge in [-0.2, -0.15) is 0 Å². The van der Waals surface area contributed by atoms with Gasteiger partial charge in [-0.05, 0) is 38.6 Å². The molecule has 0 aromatic rings. The minimum atomic E-state index is -0.718. The zero-order valence-electron chi connectivity index (χ0n) is 10.2. The minimum absolute atomic E-state index is 0.161. The number of carbonyl (C=O) groups excluding carboxylic acids is 1. The third-order valence-corrected chi connectivity index (χ3v) is 3.91. The Morgan fingerprint density at radius 1 is 1.29 bits per heavy atom. The van der Waals surface area contributed by atoms with E-state index in [-0.39, 0.29) is 30.3 Å². The Bertz CT molecular complexity index is 305. The van der Waals surface area contributed by atoms with E-state index in [1.54, 1.807) is 7.05 Å². The molecule has 1 amide bonds. The molecule has 2 saturated heterocycles. The van der Waals surface area contributed by atoms with Gasteiger partial charge in [-0.1, -0.05) is 0 Å². The Kier molecular flexibility index (Phi) is 3.66. The topological polar surface area (TPSA) is 69.6 Å². The zero-order valence-corrected chi connectivity index (χ0v) is 10.2. The number of amides is 1. The Morgan fingerprint density at radius 3 is 2.35 bits per heavy atom. The zero-order chi connectivity index (χ0) is 12.4. The summed E-state index contributed by atoms with van der Waals surface area (Å²) in [6.07, 6.45) is 4.05. The average molecular weight is 240 g/mol. The van der Waals surface area contributed by atoms with Crippen molar-refractivity contribution in [2.75, 3.05) is 13.6 Å². The van der Waals surface area contributed by atoms with E-state index in [4.69, 9.17) is 5.11 Å². The maximum Gasteiger partial charge on any atom is 0.303 e. The van der Waals surface area contributed by atoms with Crippen molar-refractivity contribution < 1.29 is 14.7 Å². The van der Waals surface area contributed by atoms with Crippen LogP contribution in [0.3, 0.4) is 0 Å². The van der Waals surface area contributed by atoms with Gasteiger partial charge in [-0.3, -0.25) is 9.59 Å². The molecule has 0 saturated carbocycles. The number of carboxylic acids is 1. The second-order valence-electron chi connectivity index (χ2n) is 5.15. The summed E-state index contributed by atoms with van der Waals surface area (Å²) in [6.45, 7) is 0.386. The lowest BCUT2D eigenvalue weighted by molar-refractivity contribution is -0.139. The number of piperidine rings is 1. The molecule has 96 valence electrons. The first-order chi connectivity index (χ1) is 8.11. The van der Waals surface area contributed by atoms with Crippen LogP contribution in [0.4, 0.5) is 0 Å². The van der Waals surface area contributed by atoms with E-state index in [0.717, 1.165) is 25.7 Å². The first-order valence-electron chi connectivity index (χ1n) is 6.29. The molecule has 17 heavy (non-hydrogen) atoms. The van der Waals surface area contributed by atoms with E-state index < -0.39 is 5.97 Å². The molecule has 0 spiro atoms. The standard InChI is InChI=1S/C12H20N2O3/c1-13-7-11(15)14-9-2-3-10(14)5-8(4-9)6-12(16)17/h8-10,13H,2-7H2,1H3,(H,16,17). The average Bonchev–Trinajstić information content (AvgIpc) is 2.50. The van der Waals surface area contributed by atoms with Gasteiger partial charge >= 0.3 is 5.97 Å². The molecule has 2 bridgehead atoms. The summed E-state index contributed by atoms with van der Waals surface area (Å²) in [5, 5.41) is 11.7.